The third-order valence-corrected chi connectivity index (χ3v) is 20.5. The first kappa shape index (κ1) is 103. The molecule has 20 rings (SSSR count). The summed E-state index contributed by atoms with van der Waals surface area (Å²) in [5.74, 6) is 0. The van der Waals surface area contributed by atoms with Crippen molar-refractivity contribution in [2.24, 2.45) is 0 Å². The van der Waals surface area contributed by atoms with Gasteiger partial charge in [0.05, 0.1) is 22.1 Å². The highest BCUT2D eigenvalue weighted by molar-refractivity contribution is 14.1. The molecule has 0 unspecified atom stereocenters. The second-order valence-corrected chi connectivity index (χ2v) is 27.0. The number of halogens is 23. The third-order valence-electron chi connectivity index (χ3n) is 20.3. The van der Waals surface area contributed by atoms with Crippen molar-refractivity contribution in [1.29, 1.82) is 0 Å². The number of benzene rings is 16. The number of nitrogens with zero attached hydrogens (tertiary/aromatic N) is 3. The Morgan fingerprint density at radius 2 is 0.461 bits per heavy atom. The maximum Gasteiger partial charge on any atom is 0.0620 e. The second kappa shape index (κ2) is 55.2. The monoisotopic (exact) mass is 1900 g/mol. The van der Waals surface area contributed by atoms with E-state index in [2.05, 4.69) is 436 Å². The van der Waals surface area contributed by atoms with Crippen LogP contribution >= 0.6 is 34.2 Å². The molecular formula is C101H73ClF21IN4. The van der Waals surface area contributed by atoms with Crippen molar-refractivity contribution in [3.8, 4) is 66.8 Å². The molecule has 0 radical (unpaired) electrons. The second-order valence-electron chi connectivity index (χ2n) is 26.5. The smallest absolute Gasteiger partial charge is 0.0620 e. The molecule has 0 amide bonds. The molecule has 0 bridgehead atoms. The first-order chi connectivity index (χ1) is 63.0. The van der Waals surface area contributed by atoms with Gasteiger partial charge in [0, 0.05) is 170 Å². The molecule has 20 aromatic rings. The minimum absolute atomic E-state index is 0. The first-order valence-corrected chi connectivity index (χ1v) is 40.1. The van der Waals surface area contributed by atoms with Crippen LogP contribution in [0.2, 0.25) is 5.02 Å². The fourth-order valence-electron chi connectivity index (χ4n) is 15.4. The quantitative estimate of drug-likeness (QED) is 0.0604. The van der Waals surface area contributed by atoms with E-state index in [-0.39, 0.29) is 4.70 Å². The molecule has 27 heteroatoms. The number of hydrogen-bond donors (Lipinski definition) is 1. The van der Waals surface area contributed by atoms with Crippen LogP contribution in [0.4, 0.5) is 125 Å². The number of rotatable bonds is 11. The zero-order chi connectivity index (χ0) is 92.0. The van der Waals surface area contributed by atoms with Crippen molar-refractivity contribution >= 4 is 139 Å². The lowest BCUT2D eigenvalue weighted by Crippen LogP contribution is -2.10. The third kappa shape index (κ3) is 23.8. The van der Waals surface area contributed by atoms with E-state index in [0.29, 0.717) is 0 Å². The number of alkyl halides is 1. The molecule has 0 aliphatic heterocycles. The van der Waals surface area contributed by atoms with Gasteiger partial charge in [0.2, 0.25) is 0 Å². The average Bonchev–Trinajstić information content (AvgIpc) is 1.53. The summed E-state index contributed by atoms with van der Waals surface area (Å²) in [4.78, 5) is 4.36. The molecule has 0 fully saturated rings. The van der Waals surface area contributed by atoms with Gasteiger partial charge in [0.15, 0.2) is 0 Å². The molecule has 0 atom stereocenters. The van der Waals surface area contributed by atoms with Gasteiger partial charge in [-0.05, 0) is 190 Å². The highest BCUT2D eigenvalue weighted by atomic mass is 127. The lowest BCUT2D eigenvalue weighted by molar-refractivity contribution is 0.108. The molecule has 0 saturated heterocycles. The summed E-state index contributed by atoms with van der Waals surface area (Å²) in [6.45, 7) is 0. The zero-order valence-corrected chi connectivity index (χ0v) is 69.7. The summed E-state index contributed by atoms with van der Waals surface area (Å²) in [5, 5.41) is 16.7. The Hall–Kier alpha value is -14.3. The predicted octanol–water partition coefficient (Wildman–Crippen LogP) is 38.0. The van der Waals surface area contributed by atoms with Gasteiger partial charge in [0.1, 0.15) is 0 Å². The summed E-state index contributed by atoms with van der Waals surface area (Å²) in [6, 6.07) is 142. The van der Waals surface area contributed by atoms with Crippen molar-refractivity contribution in [2.75, 3.05) is 15.1 Å². The fraction of sp³-hybridized carbons (Fsp3) is 0.00990. The molecule has 16 aromatic carbocycles. The number of hydrogen-bond acceptors (Lipinski definition) is 2. The van der Waals surface area contributed by atoms with Gasteiger partial charge in [-0.25, -0.2) is 0 Å². The number of anilines is 5. The summed E-state index contributed by atoms with van der Waals surface area (Å²) >= 11 is 8.61. The Labute approximate surface area is 738 Å². The molecule has 4 nitrogen and oxygen atoms in total. The van der Waals surface area contributed by atoms with Gasteiger partial charge in [-0.1, -0.05) is 338 Å². The van der Waals surface area contributed by atoms with Crippen LogP contribution in [0, 0.1) is 0 Å². The van der Waals surface area contributed by atoms with Gasteiger partial charge in [-0.2, -0.15) is 0 Å². The number of nitrogens with one attached hydrogen (secondary N) is 1. The van der Waals surface area contributed by atoms with Crippen molar-refractivity contribution in [3.63, 3.8) is 0 Å². The molecular weight excluding hydrogens is 1830 g/mol. The minimum Gasteiger partial charge on any atom is -0.356 e. The highest BCUT2D eigenvalue weighted by Gasteiger charge is 2.24. The Morgan fingerprint density at radius 1 is 0.227 bits per heavy atom. The van der Waals surface area contributed by atoms with Gasteiger partial charge < -0.3 is 19.0 Å². The van der Waals surface area contributed by atoms with Crippen LogP contribution in [0.5, 0.6) is 0 Å². The van der Waals surface area contributed by atoms with Gasteiger partial charge >= 0.3 is 0 Å². The summed E-state index contributed by atoms with van der Waals surface area (Å²) < 4.78 is 165. The summed E-state index contributed by atoms with van der Waals surface area (Å²) in [7, 11) is 0. The summed E-state index contributed by atoms with van der Waals surface area (Å²) in [5.41, 5.74) is 25.1. The van der Waals surface area contributed by atoms with Crippen molar-refractivity contribution in [1.82, 2.24) is 8.80 Å². The maximum atomic E-state index is 8.00. The van der Waals surface area contributed by atoms with Crippen molar-refractivity contribution in [3.05, 3.63) is 418 Å². The van der Waals surface area contributed by atoms with E-state index in [1.165, 1.54) is 143 Å². The Balaban J connectivity index is 0.000000283. The maximum absolute atomic E-state index is 8.00. The fourth-order valence-corrected chi connectivity index (χ4v) is 15.6. The molecule has 658 valence electrons. The van der Waals surface area contributed by atoms with E-state index in [1.54, 1.807) is 0 Å². The van der Waals surface area contributed by atoms with Crippen LogP contribution in [-0.4, -0.2) is 13.7 Å². The normalized spacial score (nSPS) is 9.77. The minimum atomic E-state index is 0. The van der Waals surface area contributed by atoms with Crippen LogP contribution in [0.15, 0.2) is 413 Å². The topological polar surface area (TPSA) is 24.1 Å². The predicted molar refractivity (Wildman–Crippen MR) is 493 cm³/mol. The van der Waals surface area contributed by atoms with E-state index < -0.39 is 0 Å². The van der Waals surface area contributed by atoms with Crippen LogP contribution in [0.25, 0.3) is 143 Å². The average molecular weight is 1900 g/mol. The highest BCUT2D eigenvalue weighted by Crippen LogP contribution is 2.48. The molecule has 1 N–H and O–H groups in total. The van der Waals surface area contributed by atoms with E-state index in [9.17, 15) is 0 Å². The first-order valence-electron chi connectivity index (χ1n) is 37.5. The molecule has 0 spiro atoms. The molecule has 4 heterocycles. The van der Waals surface area contributed by atoms with E-state index in [1.807, 2.05) is 23.1 Å². The Kier molecular flexibility index (Phi) is 44.2. The van der Waals surface area contributed by atoms with E-state index in [0.717, 1.165) is 33.5 Å². The number of fused-ring (bicyclic) bond motifs is 16. The lowest BCUT2D eigenvalue weighted by Gasteiger charge is -2.26. The van der Waals surface area contributed by atoms with E-state index in [4.69, 9.17) is 103 Å². The van der Waals surface area contributed by atoms with Crippen molar-refractivity contribution in [2.45, 2.75) is 0 Å². The number of pyridine rings is 2. The zero-order valence-electron chi connectivity index (χ0n) is 66.8. The van der Waals surface area contributed by atoms with Gasteiger partial charge in [0.25, 0.3) is 0 Å². The molecule has 0 saturated carbocycles. The summed E-state index contributed by atoms with van der Waals surface area (Å²) in [6.07, 6.45) is 4.37. The van der Waals surface area contributed by atoms with Crippen LogP contribution in [0.3, 0.4) is 0 Å². The Bertz CT molecular complexity index is 6410. The largest absolute Gasteiger partial charge is 0.356 e. The van der Waals surface area contributed by atoms with Crippen LogP contribution < -0.4 is 10.2 Å². The molecule has 0 aliphatic carbocycles. The SMILES string of the molecule is CI.Clc1ccc2c3ccccc3c3c(c(-c4ccccc4)c4ccccn43)c2c1.F.FF.FF.FF.FF.FF.FF.FF.FF.FF.FF.c1ccc(-c2ccc(N(c3ccc(-c4ccccc4)cc3)c3ccc4c5ccccc5c5c(c(-c6ccccc6)c6ccccn65)c4c3)cc2)cc1.c1ccc(-c2ccc(Nc3ccc(-c4ccccc4)cc3)cc2)cc1. The van der Waals surface area contributed by atoms with Crippen molar-refractivity contribution < 1.29 is 96.2 Å². The standard InChI is InChI=1S/C50H34N2.C26H16ClN.C24H19N.CH3I.10F2.FH/c1-4-14-35(15-5-1)37-23-27-40(28-24-37)52(41-29-25-38(26-30-41)36-16-6-2-7-17-36)42-31-32-44-43-20-10-11-21-45(43)50-49(46(44)34-42)48(39-18-8-3-9-19-39)47-22-12-13-33-51(47)50;27-18-13-14-20-19-10-4-5-11-21(19)26-25(22(20)16-18)24(17-8-2-1-3-9-17)23-12-6-7-15-28(23)26;1-3-7-19(8-4-1)21-11-15-23(16-12-21)25-24-17-13-22(14-18-24)20-9-5-2-6-10-20;11*1-2;/h1-34H;1-16H;1-18,25H;1H3;;;;;;;;;;;1H. The Morgan fingerprint density at radius 3 is 0.773 bits per heavy atom. The number of aromatic nitrogens is 2. The molecule has 4 aromatic heterocycles. The van der Waals surface area contributed by atoms with Crippen LogP contribution in [-0.2, 0) is 0 Å². The van der Waals surface area contributed by atoms with E-state index >= 15 is 0 Å². The van der Waals surface area contributed by atoms with Crippen LogP contribution in [0.1, 0.15) is 0 Å². The molecule has 0 aliphatic rings. The van der Waals surface area contributed by atoms with Gasteiger partial charge in [-0.3, -0.25) is 4.70 Å². The molecule has 128 heavy (non-hydrogen) atoms. The lowest BCUT2D eigenvalue weighted by atomic mass is 9.93. The van der Waals surface area contributed by atoms with Gasteiger partial charge in [-0.15, -0.1) is 0 Å².